The van der Waals surface area contributed by atoms with Gasteiger partial charge >= 0.3 is 0 Å². The van der Waals surface area contributed by atoms with Crippen LogP contribution in [0.2, 0.25) is 0 Å². The van der Waals surface area contributed by atoms with Crippen LogP contribution in [-0.2, 0) is 10.6 Å². The number of methoxy groups -OCH3 is 1. The summed E-state index contributed by atoms with van der Waals surface area (Å²) >= 11 is 5.71. The van der Waals surface area contributed by atoms with E-state index in [1.807, 2.05) is 0 Å². The molecule has 5 heteroatoms. The number of unbranched alkanes of at least 4 members (excludes halogenated alkanes) is 1. The third-order valence-electron chi connectivity index (χ3n) is 2.45. The van der Waals surface area contributed by atoms with Crippen LogP contribution in [-0.4, -0.2) is 26.2 Å². The lowest BCUT2D eigenvalue weighted by atomic mass is 10.2. The minimum absolute atomic E-state index is 0.193. The molecule has 0 aliphatic heterocycles. The van der Waals surface area contributed by atoms with E-state index in [1.54, 1.807) is 20.1 Å². The molecule has 0 aromatic carbocycles. The largest absolute Gasteiger partial charge is 0.456 e. The normalized spacial score (nSPS) is 10.5. The molecular weight excluding hydrogens is 242 g/mol. The fourth-order valence-corrected chi connectivity index (χ4v) is 1.69. The number of rotatable bonds is 7. The molecule has 0 aliphatic rings. The zero-order valence-electron chi connectivity index (χ0n) is 10.2. The molecule has 1 rings (SSSR count). The summed E-state index contributed by atoms with van der Waals surface area (Å²) in [5.74, 6) is 1.19. The van der Waals surface area contributed by atoms with Gasteiger partial charge in [-0.15, -0.1) is 11.6 Å². The molecule has 1 aromatic rings. The summed E-state index contributed by atoms with van der Waals surface area (Å²) in [5, 5.41) is 2.79. The van der Waals surface area contributed by atoms with E-state index in [0.717, 1.165) is 18.4 Å². The molecule has 1 amide bonds. The third kappa shape index (κ3) is 4.40. The molecule has 96 valence electrons. The van der Waals surface area contributed by atoms with Gasteiger partial charge in [0.1, 0.15) is 5.76 Å². The molecule has 0 saturated carbocycles. The van der Waals surface area contributed by atoms with E-state index in [2.05, 4.69) is 5.32 Å². The molecular formula is C12H18ClNO3. The summed E-state index contributed by atoms with van der Waals surface area (Å²) in [6.45, 7) is 3.14. The molecule has 0 fully saturated rings. The SMILES string of the molecule is COCCCCNC(=O)c1cc(CCl)c(C)o1. The van der Waals surface area contributed by atoms with Gasteiger partial charge in [-0.1, -0.05) is 0 Å². The highest BCUT2D eigenvalue weighted by Gasteiger charge is 2.13. The summed E-state index contributed by atoms with van der Waals surface area (Å²) in [4.78, 5) is 11.7. The minimum atomic E-state index is -0.193. The van der Waals surface area contributed by atoms with Gasteiger partial charge in [0.05, 0.1) is 5.88 Å². The second-order valence-electron chi connectivity index (χ2n) is 3.78. The Morgan fingerprint density at radius 2 is 2.29 bits per heavy atom. The Labute approximate surface area is 106 Å². The molecule has 0 bridgehead atoms. The summed E-state index contributed by atoms with van der Waals surface area (Å²) < 4.78 is 10.2. The average Bonchev–Trinajstić information content (AvgIpc) is 2.70. The molecule has 0 spiro atoms. The summed E-state index contributed by atoms with van der Waals surface area (Å²) in [5.41, 5.74) is 0.858. The van der Waals surface area contributed by atoms with Crippen LogP contribution in [0.5, 0.6) is 0 Å². The van der Waals surface area contributed by atoms with Crippen molar-refractivity contribution in [2.24, 2.45) is 0 Å². The molecule has 0 atom stereocenters. The van der Waals surface area contributed by atoms with E-state index in [4.69, 9.17) is 20.8 Å². The smallest absolute Gasteiger partial charge is 0.287 e. The number of nitrogens with one attached hydrogen (secondary N) is 1. The third-order valence-corrected chi connectivity index (χ3v) is 2.74. The summed E-state index contributed by atoms with van der Waals surface area (Å²) in [6.07, 6.45) is 1.82. The van der Waals surface area contributed by atoms with E-state index < -0.39 is 0 Å². The van der Waals surface area contributed by atoms with E-state index in [1.165, 1.54) is 0 Å². The first-order valence-electron chi connectivity index (χ1n) is 5.61. The Morgan fingerprint density at radius 1 is 1.53 bits per heavy atom. The van der Waals surface area contributed by atoms with Crippen LogP contribution in [0.4, 0.5) is 0 Å². The molecule has 1 aromatic heterocycles. The molecule has 17 heavy (non-hydrogen) atoms. The van der Waals surface area contributed by atoms with E-state index in [0.29, 0.717) is 30.6 Å². The van der Waals surface area contributed by atoms with Crippen LogP contribution in [0.15, 0.2) is 10.5 Å². The number of alkyl halides is 1. The molecule has 1 N–H and O–H groups in total. The van der Waals surface area contributed by atoms with Gasteiger partial charge in [-0.2, -0.15) is 0 Å². The van der Waals surface area contributed by atoms with Crippen LogP contribution >= 0.6 is 11.6 Å². The Bertz CT molecular complexity index is 363. The lowest BCUT2D eigenvalue weighted by molar-refractivity contribution is 0.0922. The van der Waals surface area contributed by atoms with Crippen LogP contribution in [0.3, 0.4) is 0 Å². The van der Waals surface area contributed by atoms with Crippen molar-refractivity contribution in [3.05, 3.63) is 23.2 Å². The lowest BCUT2D eigenvalue weighted by Crippen LogP contribution is -2.24. The van der Waals surface area contributed by atoms with E-state index in [9.17, 15) is 4.79 Å². The highest BCUT2D eigenvalue weighted by atomic mass is 35.5. The van der Waals surface area contributed by atoms with Gasteiger partial charge < -0.3 is 14.5 Å². The first-order valence-corrected chi connectivity index (χ1v) is 6.15. The predicted octanol–water partition coefficient (Wildman–Crippen LogP) is 2.48. The fourth-order valence-electron chi connectivity index (χ4n) is 1.42. The minimum Gasteiger partial charge on any atom is -0.456 e. The number of furan rings is 1. The molecule has 0 aliphatic carbocycles. The van der Waals surface area contributed by atoms with Gasteiger partial charge in [0.25, 0.3) is 5.91 Å². The van der Waals surface area contributed by atoms with Crippen molar-refractivity contribution < 1.29 is 13.9 Å². The van der Waals surface area contributed by atoms with Crippen LogP contribution in [0.25, 0.3) is 0 Å². The number of hydrogen-bond donors (Lipinski definition) is 1. The fraction of sp³-hybridized carbons (Fsp3) is 0.583. The summed E-state index contributed by atoms with van der Waals surface area (Å²) in [7, 11) is 1.66. The van der Waals surface area contributed by atoms with Crippen molar-refractivity contribution in [1.29, 1.82) is 0 Å². The highest BCUT2D eigenvalue weighted by Crippen LogP contribution is 2.16. The van der Waals surface area contributed by atoms with Crippen molar-refractivity contribution in [2.75, 3.05) is 20.3 Å². The van der Waals surface area contributed by atoms with E-state index in [-0.39, 0.29) is 5.91 Å². The number of hydrogen-bond acceptors (Lipinski definition) is 3. The van der Waals surface area contributed by atoms with Crippen molar-refractivity contribution in [3.63, 3.8) is 0 Å². The molecule has 4 nitrogen and oxygen atoms in total. The van der Waals surface area contributed by atoms with Gasteiger partial charge in [-0.3, -0.25) is 4.79 Å². The first-order chi connectivity index (χ1) is 8.19. The standard InChI is InChI=1S/C12H18ClNO3/c1-9-10(8-13)7-11(17-9)12(15)14-5-3-4-6-16-2/h7H,3-6,8H2,1-2H3,(H,14,15). The Hall–Kier alpha value is -1.00. The number of carbonyl (C=O) groups is 1. The van der Waals surface area contributed by atoms with Crippen LogP contribution in [0, 0.1) is 6.92 Å². The molecule has 0 unspecified atom stereocenters. The molecule has 0 saturated heterocycles. The van der Waals surface area contributed by atoms with Crippen LogP contribution < -0.4 is 5.32 Å². The van der Waals surface area contributed by atoms with Gasteiger partial charge in [0.2, 0.25) is 0 Å². The number of carbonyl (C=O) groups excluding carboxylic acids is 1. The number of aryl methyl sites for hydroxylation is 1. The highest BCUT2D eigenvalue weighted by molar-refractivity contribution is 6.17. The number of amides is 1. The molecule has 1 heterocycles. The summed E-state index contributed by atoms with van der Waals surface area (Å²) in [6, 6.07) is 1.69. The predicted molar refractivity (Wildman–Crippen MR) is 66.4 cm³/mol. The Kier molecular flexibility index (Phi) is 6.08. The van der Waals surface area contributed by atoms with Crippen molar-refractivity contribution >= 4 is 17.5 Å². The second-order valence-corrected chi connectivity index (χ2v) is 4.05. The first kappa shape index (κ1) is 14.1. The monoisotopic (exact) mass is 259 g/mol. The van der Waals surface area contributed by atoms with Crippen molar-refractivity contribution in [1.82, 2.24) is 5.32 Å². The lowest BCUT2D eigenvalue weighted by Gasteiger charge is -2.02. The number of ether oxygens (including phenoxy) is 1. The van der Waals surface area contributed by atoms with Crippen LogP contribution in [0.1, 0.15) is 34.7 Å². The average molecular weight is 260 g/mol. The van der Waals surface area contributed by atoms with Gasteiger partial charge in [-0.25, -0.2) is 0 Å². The van der Waals surface area contributed by atoms with Gasteiger partial charge in [-0.05, 0) is 25.8 Å². The van der Waals surface area contributed by atoms with Gasteiger partial charge in [0, 0.05) is 25.8 Å². The molecule has 0 radical (unpaired) electrons. The zero-order chi connectivity index (χ0) is 12.7. The maximum absolute atomic E-state index is 11.7. The van der Waals surface area contributed by atoms with Gasteiger partial charge in [0.15, 0.2) is 5.76 Å². The Balaban J connectivity index is 2.36. The Morgan fingerprint density at radius 3 is 2.88 bits per heavy atom. The van der Waals surface area contributed by atoms with Crippen molar-refractivity contribution in [2.45, 2.75) is 25.6 Å². The topological polar surface area (TPSA) is 51.5 Å². The second kappa shape index (κ2) is 7.35. The van der Waals surface area contributed by atoms with E-state index >= 15 is 0 Å². The zero-order valence-corrected chi connectivity index (χ0v) is 11.0. The van der Waals surface area contributed by atoms with Crippen molar-refractivity contribution in [3.8, 4) is 0 Å². The maximum Gasteiger partial charge on any atom is 0.287 e. The number of halogens is 1. The quantitative estimate of drug-likeness (QED) is 0.605. The maximum atomic E-state index is 11.7.